The lowest BCUT2D eigenvalue weighted by molar-refractivity contribution is 0.243. The van der Waals surface area contributed by atoms with Crippen LogP contribution >= 0.6 is 0 Å². The molecular formula is C17H20FNO. The minimum Gasteiger partial charge on any atom is -0.489 e. The maximum atomic E-state index is 13.1. The number of para-hydroxylation sites is 2. The highest BCUT2D eigenvalue weighted by Gasteiger charge is 2.06. The molecule has 0 heterocycles. The number of nitrogens with one attached hydrogen (secondary N) is 1. The van der Waals surface area contributed by atoms with Gasteiger partial charge in [-0.15, -0.1) is 0 Å². The Kier molecular flexibility index (Phi) is 4.61. The van der Waals surface area contributed by atoms with Crippen LogP contribution in [0.5, 0.6) is 5.75 Å². The van der Waals surface area contributed by atoms with E-state index in [2.05, 4.69) is 5.32 Å². The predicted molar refractivity (Wildman–Crippen MR) is 80.7 cm³/mol. The molecule has 2 rings (SSSR count). The second-order valence-corrected chi connectivity index (χ2v) is 5.09. The van der Waals surface area contributed by atoms with Gasteiger partial charge in [-0.1, -0.05) is 18.2 Å². The van der Waals surface area contributed by atoms with Crippen LogP contribution in [0.2, 0.25) is 0 Å². The summed E-state index contributed by atoms with van der Waals surface area (Å²) in [6.45, 7) is 6.56. The minimum absolute atomic E-state index is 0.130. The van der Waals surface area contributed by atoms with Crippen LogP contribution < -0.4 is 10.1 Å². The smallest absolute Gasteiger partial charge is 0.142 e. The second-order valence-electron chi connectivity index (χ2n) is 5.09. The van der Waals surface area contributed by atoms with Gasteiger partial charge < -0.3 is 10.1 Å². The first-order chi connectivity index (χ1) is 9.56. The van der Waals surface area contributed by atoms with E-state index in [1.807, 2.05) is 51.1 Å². The average molecular weight is 273 g/mol. The standard InChI is InChI=1S/C17H20FNO/c1-12(2)20-17-7-5-4-6-16(17)19-11-14-8-9-15(18)10-13(14)3/h4-10,12,19H,11H2,1-3H3. The van der Waals surface area contributed by atoms with Gasteiger partial charge in [0.15, 0.2) is 0 Å². The Balaban J connectivity index is 2.10. The van der Waals surface area contributed by atoms with Crippen LogP contribution in [0.15, 0.2) is 42.5 Å². The zero-order chi connectivity index (χ0) is 14.5. The molecule has 0 bridgehead atoms. The van der Waals surface area contributed by atoms with Crippen LogP contribution in [0.1, 0.15) is 25.0 Å². The quantitative estimate of drug-likeness (QED) is 0.864. The highest BCUT2D eigenvalue weighted by molar-refractivity contribution is 5.56. The van der Waals surface area contributed by atoms with Crippen molar-refractivity contribution in [3.8, 4) is 5.75 Å². The number of anilines is 1. The monoisotopic (exact) mass is 273 g/mol. The van der Waals surface area contributed by atoms with Crippen molar-refractivity contribution < 1.29 is 9.13 Å². The number of rotatable bonds is 5. The van der Waals surface area contributed by atoms with E-state index in [1.54, 1.807) is 6.07 Å². The Bertz CT molecular complexity index is 581. The van der Waals surface area contributed by atoms with Crippen molar-refractivity contribution in [3.05, 3.63) is 59.4 Å². The Morgan fingerprint density at radius 2 is 1.90 bits per heavy atom. The number of halogens is 1. The van der Waals surface area contributed by atoms with Gasteiger partial charge in [-0.3, -0.25) is 0 Å². The highest BCUT2D eigenvalue weighted by atomic mass is 19.1. The molecule has 2 aromatic rings. The van der Waals surface area contributed by atoms with Crippen LogP contribution in [-0.4, -0.2) is 6.10 Å². The Labute approximate surface area is 119 Å². The fraction of sp³-hybridized carbons (Fsp3) is 0.294. The summed E-state index contributed by atoms with van der Waals surface area (Å²) in [6.07, 6.45) is 0.130. The summed E-state index contributed by atoms with van der Waals surface area (Å²) < 4.78 is 18.8. The SMILES string of the molecule is Cc1cc(F)ccc1CNc1ccccc1OC(C)C. The van der Waals surface area contributed by atoms with Crippen LogP contribution in [0.3, 0.4) is 0 Å². The lowest BCUT2D eigenvalue weighted by Crippen LogP contribution is -2.09. The molecule has 3 heteroatoms. The number of hydrogen-bond donors (Lipinski definition) is 1. The van der Waals surface area contributed by atoms with Crippen molar-refractivity contribution in [2.24, 2.45) is 0 Å². The van der Waals surface area contributed by atoms with Crippen molar-refractivity contribution in [3.63, 3.8) is 0 Å². The minimum atomic E-state index is -0.199. The van der Waals surface area contributed by atoms with E-state index < -0.39 is 0 Å². The number of benzene rings is 2. The third-order valence-corrected chi connectivity index (χ3v) is 3.02. The van der Waals surface area contributed by atoms with Gasteiger partial charge in [0.05, 0.1) is 11.8 Å². The maximum absolute atomic E-state index is 13.1. The summed E-state index contributed by atoms with van der Waals surface area (Å²) in [7, 11) is 0. The first-order valence-corrected chi connectivity index (χ1v) is 6.81. The van der Waals surface area contributed by atoms with Crippen molar-refractivity contribution in [2.45, 2.75) is 33.4 Å². The zero-order valence-electron chi connectivity index (χ0n) is 12.1. The molecule has 0 unspecified atom stereocenters. The van der Waals surface area contributed by atoms with E-state index in [-0.39, 0.29) is 11.9 Å². The average Bonchev–Trinajstić information content (AvgIpc) is 2.39. The number of ether oxygens (including phenoxy) is 1. The molecule has 20 heavy (non-hydrogen) atoms. The molecule has 0 atom stereocenters. The third-order valence-electron chi connectivity index (χ3n) is 3.02. The fourth-order valence-corrected chi connectivity index (χ4v) is 2.02. The molecule has 2 nitrogen and oxygen atoms in total. The molecule has 2 aromatic carbocycles. The van der Waals surface area contributed by atoms with Gasteiger partial charge >= 0.3 is 0 Å². The highest BCUT2D eigenvalue weighted by Crippen LogP contribution is 2.25. The van der Waals surface area contributed by atoms with E-state index in [9.17, 15) is 4.39 Å². The van der Waals surface area contributed by atoms with Crippen LogP contribution in [0.25, 0.3) is 0 Å². The molecule has 0 saturated heterocycles. The zero-order valence-corrected chi connectivity index (χ0v) is 12.1. The van der Waals surface area contributed by atoms with Crippen LogP contribution in [0.4, 0.5) is 10.1 Å². The summed E-state index contributed by atoms with van der Waals surface area (Å²) >= 11 is 0. The molecule has 0 aliphatic carbocycles. The van der Waals surface area contributed by atoms with E-state index in [4.69, 9.17) is 4.74 Å². The van der Waals surface area contributed by atoms with Gasteiger partial charge in [0.2, 0.25) is 0 Å². The normalized spacial score (nSPS) is 10.7. The molecule has 0 radical (unpaired) electrons. The van der Waals surface area contributed by atoms with Gasteiger partial charge in [-0.05, 0) is 56.2 Å². The van der Waals surface area contributed by atoms with E-state index >= 15 is 0 Å². The molecule has 0 fully saturated rings. The van der Waals surface area contributed by atoms with E-state index in [0.717, 1.165) is 22.6 Å². The molecule has 0 saturated carbocycles. The first-order valence-electron chi connectivity index (χ1n) is 6.81. The number of aryl methyl sites for hydroxylation is 1. The molecule has 0 spiro atoms. The van der Waals surface area contributed by atoms with Gasteiger partial charge in [-0.25, -0.2) is 4.39 Å². The Hall–Kier alpha value is -2.03. The van der Waals surface area contributed by atoms with E-state index in [0.29, 0.717) is 6.54 Å². The van der Waals surface area contributed by atoms with Crippen molar-refractivity contribution in [2.75, 3.05) is 5.32 Å². The molecule has 0 aliphatic heterocycles. The molecule has 106 valence electrons. The molecule has 0 amide bonds. The summed E-state index contributed by atoms with van der Waals surface area (Å²) in [4.78, 5) is 0. The van der Waals surface area contributed by atoms with Crippen LogP contribution in [-0.2, 0) is 6.54 Å². The molecular weight excluding hydrogens is 253 g/mol. The van der Waals surface area contributed by atoms with Gasteiger partial charge in [0.25, 0.3) is 0 Å². The maximum Gasteiger partial charge on any atom is 0.142 e. The van der Waals surface area contributed by atoms with Crippen LogP contribution in [0, 0.1) is 12.7 Å². The van der Waals surface area contributed by atoms with Gasteiger partial charge in [-0.2, -0.15) is 0 Å². The lowest BCUT2D eigenvalue weighted by atomic mass is 10.1. The molecule has 0 aromatic heterocycles. The van der Waals surface area contributed by atoms with E-state index in [1.165, 1.54) is 6.07 Å². The third kappa shape index (κ3) is 3.73. The molecule has 1 N–H and O–H groups in total. The largest absolute Gasteiger partial charge is 0.489 e. The second kappa shape index (κ2) is 6.42. The Morgan fingerprint density at radius 3 is 2.60 bits per heavy atom. The fourth-order valence-electron chi connectivity index (χ4n) is 2.02. The summed E-state index contributed by atoms with van der Waals surface area (Å²) in [5.41, 5.74) is 2.97. The summed E-state index contributed by atoms with van der Waals surface area (Å²) in [6, 6.07) is 12.7. The summed E-state index contributed by atoms with van der Waals surface area (Å²) in [5, 5.41) is 3.35. The lowest BCUT2D eigenvalue weighted by Gasteiger charge is -2.16. The Morgan fingerprint density at radius 1 is 1.15 bits per heavy atom. The predicted octanol–water partition coefficient (Wildman–Crippen LogP) is 4.53. The van der Waals surface area contributed by atoms with Gasteiger partial charge in [0, 0.05) is 6.54 Å². The van der Waals surface area contributed by atoms with Gasteiger partial charge in [0.1, 0.15) is 11.6 Å². The van der Waals surface area contributed by atoms with Crippen molar-refractivity contribution in [1.29, 1.82) is 0 Å². The van der Waals surface area contributed by atoms with Crippen molar-refractivity contribution in [1.82, 2.24) is 0 Å². The van der Waals surface area contributed by atoms with Crippen molar-refractivity contribution >= 4 is 5.69 Å². The first kappa shape index (κ1) is 14.4. The number of hydrogen-bond acceptors (Lipinski definition) is 2. The summed E-state index contributed by atoms with van der Waals surface area (Å²) in [5.74, 6) is 0.636. The molecule has 0 aliphatic rings. The topological polar surface area (TPSA) is 21.3 Å².